The molecule has 1 N–H and O–H groups in total. The number of rotatable bonds is 4. The van der Waals surface area contributed by atoms with Crippen molar-refractivity contribution < 1.29 is 19.2 Å². The molecule has 2 rings (SSSR count). The van der Waals surface area contributed by atoms with Crippen LogP contribution in [0.25, 0.3) is 0 Å². The molecule has 1 aromatic rings. The predicted molar refractivity (Wildman–Crippen MR) is 78.2 cm³/mol. The highest BCUT2D eigenvalue weighted by atomic mass is 35.5. The monoisotopic (exact) mass is 336 g/mol. The lowest BCUT2D eigenvalue weighted by Gasteiger charge is -2.13. The molecule has 0 radical (unpaired) electrons. The van der Waals surface area contributed by atoms with Crippen molar-refractivity contribution in [2.45, 2.75) is 18.6 Å². The molecule has 0 spiro atoms. The molecule has 1 aliphatic heterocycles. The zero-order valence-electron chi connectivity index (χ0n) is 11.1. The molecule has 0 aliphatic carbocycles. The zero-order valence-corrected chi connectivity index (χ0v) is 12.6. The Bertz CT molecular complexity index is 540. The number of hydrogen-bond donors (Lipinski definition) is 1. The lowest BCUT2D eigenvalue weighted by molar-refractivity contribution is -0.384. The van der Waals surface area contributed by atoms with E-state index in [9.17, 15) is 14.9 Å². The SMILES string of the molecule is COC(=O)[C@@H]1C[C@@H](Oc2ccc([N+](=O)[O-])cc2Cl)CN1.Cl. The predicted octanol–water partition coefficient (Wildman–Crippen LogP) is 1.95. The molecule has 1 heterocycles. The standard InChI is InChI=1S/C12H13ClN2O5.ClH/c1-19-12(16)10-5-8(6-14-10)20-11-3-2-7(15(17)18)4-9(11)13;/h2-4,8,10,14H,5-6H2,1H3;1H/t8-,10+;/m1./s1. The van der Waals surface area contributed by atoms with E-state index >= 15 is 0 Å². The van der Waals surface area contributed by atoms with Crippen molar-refractivity contribution in [2.75, 3.05) is 13.7 Å². The molecule has 2 atom stereocenters. The van der Waals surface area contributed by atoms with Gasteiger partial charge in [-0.2, -0.15) is 0 Å². The number of nitrogens with one attached hydrogen (secondary N) is 1. The largest absolute Gasteiger partial charge is 0.487 e. The second kappa shape index (κ2) is 7.44. The van der Waals surface area contributed by atoms with Gasteiger partial charge in [-0.05, 0) is 6.07 Å². The Hall–Kier alpha value is -1.57. The van der Waals surface area contributed by atoms with Crippen molar-refractivity contribution in [1.82, 2.24) is 5.32 Å². The van der Waals surface area contributed by atoms with Crippen LogP contribution >= 0.6 is 24.0 Å². The summed E-state index contributed by atoms with van der Waals surface area (Å²) in [6, 6.07) is 3.60. The number of carbonyl (C=O) groups excluding carboxylic acids is 1. The van der Waals surface area contributed by atoms with Gasteiger partial charge in [0.2, 0.25) is 0 Å². The first-order valence-electron chi connectivity index (χ1n) is 5.93. The molecule has 1 saturated heterocycles. The topological polar surface area (TPSA) is 90.7 Å². The van der Waals surface area contributed by atoms with E-state index in [0.717, 1.165) is 0 Å². The summed E-state index contributed by atoms with van der Waals surface area (Å²) in [6.45, 7) is 0.479. The van der Waals surface area contributed by atoms with Crippen LogP contribution in [0.1, 0.15) is 6.42 Å². The van der Waals surface area contributed by atoms with Gasteiger partial charge in [0.15, 0.2) is 0 Å². The highest BCUT2D eigenvalue weighted by Crippen LogP contribution is 2.30. The van der Waals surface area contributed by atoms with Gasteiger partial charge in [-0.1, -0.05) is 11.6 Å². The summed E-state index contributed by atoms with van der Waals surface area (Å²) in [6.07, 6.45) is 0.220. The van der Waals surface area contributed by atoms with Crippen LogP contribution in [0.5, 0.6) is 5.75 Å². The third-order valence-corrected chi connectivity index (χ3v) is 3.29. The molecule has 0 aromatic heterocycles. The quantitative estimate of drug-likeness (QED) is 0.513. The minimum atomic E-state index is -0.528. The Labute approximate surface area is 132 Å². The van der Waals surface area contributed by atoms with Gasteiger partial charge in [-0.25, -0.2) is 0 Å². The maximum Gasteiger partial charge on any atom is 0.323 e. The van der Waals surface area contributed by atoms with Crippen LogP contribution in [0.3, 0.4) is 0 Å². The van der Waals surface area contributed by atoms with Crippen molar-refractivity contribution in [3.05, 3.63) is 33.3 Å². The summed E-state index contributed by atoms with van der Waals surface area (Å²) in [5.41, 5.74) is -0.0978. The average Bonchev–Trinajstić information content (AvgIpc) is 2.88. The van der Waals surface area contributed by atoms with Crippen LogP contribution in [0.15, 0.2) is 18.2 Å². The van der Waals surface area contributed by atoms with E-state index < -0.39 is 11.0 Å². The lowest BCUT2D eigenvalue weighted by Crippen LogP contribution is -2.31. The first kappa shape index (κ1) is 17.5. The number of halogens is 2. The maximum absolute atomic E-state index is 11.4. The number of esters is 1. The number of nitrogens with zero attached hydrogens (tertiary/aromatic N) is 1. The minimum Gasteiger partial charge on any atom is -0.487 e. The number of hydrogen-bond acceptors (Lipinski definition) is 6. The van der Waals surface area contributed by atoms with Crippen LogP contribution in [-0.4, -0.2) is 36.7 Å². The summed E-state index contributed by atoms with van der Waals surface area (Å²) in [7, 11) is 1.32. The van der Waals surface area contributed by atoms with E-state index in [2.05, 4.69) is 10.1 Å². The second-order valence-electron chi connectivity index (χ2n) is 4.33. The number of carbonyl (C=O) groups is 1. The summed E-state index contributed by atoms with van der Waals surface area (Å²) in [5.74, 6) is 0.0143. The third kappa shape index (κ3) is 4.20. The van der Waals surface area contributed by atoms with Gasteiger partial charge in [-0.15, -0.1) is 12.4 Å². The Morgan fingerprint density at radius 3 is 2.81 bits per heavy atom. The smallest absolute Gasteiger partial charge is 0.323 e. The van der Waals surface area contributed by atoms with Crippen molar-refractivity contribution in [1.29, 1.82) is 0 Å². The first-order chi connectivity index (χ1) is 9.51. The molecular formula is C12H14Cl2N2O5. The molecule has 21 heavy (non-hydrogen) atoms. The Balaban J connectivity index is 0.00000220. The first-order valence-corrected chi connectivity index (χ1v) is 6.31. The van der Waals surface area contributed by atoms with Gasteiger partial charge in [0.05, 0.1) is 17.1 Å². The normalized spacial score (nSPS) is 20.5. The van der Waals surface area contributed by atoms with Gasteiger partial charge in [0, 0.05) is 25.1 Å². The van der Waals surface area contributed by atoms with Crippen molar-refractivity contribution in [3.63, 3.8) is 0 Å². The van der Waals surface area contributed by atoms with Crippen molar-refractivity contribution >= 4 is 35.7 Å². The summed E-state index contributed by atoms with van der Waals surface area (Å²) in [4.78, 5) is 21.4. The van der Waals surface area contributed by atoms with Gasteiger partial charge < -0.3 is 14.8 Å². The summed E-state index contributed by atoms with van der Waals surface area (Å²) < 4.78 is 10.3. The minimum absolute atomic E-state index is 0. The molecule has 1 aromatic carbocycles. The number of ether oxygens (including phenoxy) is 2. The second-order valence-corrected chi connectivity index (χ2v) is 4.74. The molecule has 9 heteroatoms. The van der Waals surface area contributed by atoms with Crippen LogP contribution < -0.4 is 10.1 Å². The number of non-ortho nitro benzene ring substituents is 1. The third-order valence-electron chi connectivity index (χ3n) is 3.00. The van der Waals surface area contributed by atoms with E-state index in [0.29, 0.717) is 18.7 Å². The number of benzene rings is 1. The van der Waals surface area contributed by atoms with E-state index in [4.69, 9.17) is 16.3 Å². The summed E-state index contributed by atoms with van der Waals surface area (Å²) in [5, 5.41) is 13.7. The fourth-order valence-electron chi connectivity index (χ4n) is 1.99. The van der Waals surface area contributed by atoms with Crippen molar-refractivity contribution in [3.8, 4) is 5.75 Å². The highest BCUT2D eigenvalue weighted by molar-refractivity contribution is 6.32. The van der Waals surface area contributed by atoms with Crippen LogP contribution in [0.2, 0.25) is 5.02 Å². The zero-order chi connectivity index (χ0) is 14.7. The fourth-order valence-corrected chi connectivity index (χ4v) is 2.21. The van der Waals surface area contributed by atoms with Crippen LogP contribution in [0.4, 0.5) is 5.69 Å². The van der Waals surface area contributed by atoms with E-state index in [1.54, 1.807) is 0 Å². The number of nitro benzene ring substituents is 1. The molecule has 0 unspecified atom stereocenters. The molecule has 1 aliphatic rings. The maximum atomic E-state index is 11.4. The Morgan fingerprint density at radius 2 is 2.24 bits per heavy atom. The van der Waals surface area contributed by atoms with Crippen molar-refractivity contribution in [2.24, 2.45) is 0 Å². The Kier molecular flexibility index (Phi) is 6.19. The summed E-state index contributed by atoms with van der Waals surface area (Å²) >= 11 is 5.94. The van der Waals surface area contributed by atoms with Gasteiger partial charge in [0.1, 0.15) is 17.9 Å². The van der Waals surface area contributed by atoms with Gasteiger partial charge >= 0.3 is 5.97 Å². The molecule has 116 valence electrons. The Morgan fingerprint density at radius 1 is 1.52 bits per heavy atom. The lowest BCUT2D eigenvalue weighted by atomic mass is 10.2. The molecule has 0 bridgehead atoms. The highest BCUT2D eigenvalue weighted by Gasteiger charge is 2.31. The van der Waals surface area contributed by atoms with Gasteiger partial charge in [0.25, 0.3) is 5.69 Å². The van der Waals surface area contributed by atoms with Crippen LogP contribution in [0, 0.1) is 10.1 Å². The molecular weight excluding hydrogens is 323 g/mol. The fraction of sp³-hybridized carbons (Fsp3) is 0.417. The molecule has 7 nitrogen and oxygen atoms in total. The van der Waals surface area contributed by atoms with Gasteiger partial charge in [-0.3, -0.25) is 14.9 Å². The number of nitro groups is 1. The number of methoxy groups -OCH3 is 1. The van der Waals surface area contributed by atoms with E-state index in [1.807, 2.05) is 0 Å². The average molecular weight is 337 g/mol. The van der Waals surface area contributed by atoms with E-state index in [1.165, 1.54) is 25.3 Å². The molecule has 0 amide bonds. The molecule has 0 saturated carbocycles. The van der Waals surface area contributed by atoms with Crippen LogP contribution in [-0.2, 0) is 9.53 Å². The van der Waals surface area contributed by atoms with E-state index in [-0.39, 0.29) is 35.2 Å². The molecule has 1 fully saturated rings.